The second-order valence-electron chi connectivity index (χ2n) is 8.02. The van der Waals surface area contributed by atoms with Gasteiger partial charge in [0.05, 0.1) is 35.5 Å². The summed E-state index contributed by atoms with van der Waals surface area (Å²) in [7, 11) is 0. The summed E-state index contributed by atoms with van der Waals surface area (Å²) < 4.78 is 1.88. The predicted molar refractivity (Wildman–Crippen MR) is 106 cm³/mol. The molecule has 1 heterocycles. The number of aryl methyl sites for hydroxylation is 2. The molecule has 2 aromatic rings. The fourth-order valence-electron chi connectivity index (χ4n) is 4.62. The maximum Gasteiger partial charge on any atom is 0.307 e. The molecule has 0 unspecified atom stereocenters. The van der Waals surface area contributed by atoms with Crippen LogP contribution in [0.25, 0.3) is 0 Å². The minimum absolute atomic E-state index is 0.00863. The smallest absolute Gasteiger partial charge is 0.307 e. The number of hydrogen-bond acceptors (Lipinski definition) is 3. The maximum atomic E-state index is 13.0. The number of amides is 1. The number of carbonyl (C=O) groups excluding carboxylic acids is 1. The number of allylic oxidation sites excluding steroid dienone is 2. The first-order valence-corrected chi connectivity index (χ1v) is 9.66. The molecule has 6 nitrogen and oxygen atoms in total. The first-order valence-electron chi connectivity index (χ1n) is 9.66. The molecule has 0 radical (unpaired) electrons. The molecule has 2 bridgehead atoms. The van der Waals surface area contributed by atoms with E-state index in [1.54, 1.807) is 0 Å². The Morgan fingerprint density at radius 3 is 2.39 bits per heavy atom. The van der Waals surface area contributed by atoms with E-state index in [1.165, 1.54) is 5.56 Å². The molecule has 2 N–H and O–H groups in total. The minimum Gasteiger partial charge on any atom is -0.481 e. The third-order valence-corrected chi connectivity index (χ3v) is 6.13. The Kier molecular flexibility index (Phi) is 4.57. The van der Waals surface area contributed by atoms with Gasteiger partial charge < -0.3 is 10.4 Å². The van der Waals surface area contributed by atoms with E-state index >= 15 is 0 Å². The first-order chi connectivity index (χ1) is 13.3. The Balaban J connectivity index is 1.54. The summed E-state index contributed by atoms with van der Waals surface area (Å²) in [5.41, 5.74) is 4.64. The summed E-state index contributed by atoms with van der Waals surface area (Å²) in [6, 6.07) is 8.28. The number of fused-ring (bicyclic) bond motifs is 2. The summed E-state index contributed by atoms with van der Waals surface area (Å²) in [5, 5.41) is 17.2. The third kappa shape index (κ3) is 3.13. The van der Waals surface area contributed by atoms with Crippen LogP contribution in [0.3, 0.4) is 0 Å². The standard InChI is InChI=1S/C22H25N3O3/c1-12-4-6-15(7-5-12)11-25-14(3)20(13(2)24-25)23-21(26)18-16-8-9-17(10-16)19(18)22(27)28/h4-9,16-19H,10-11H2,1-3H3,(H,23,26)(H,27,28)/t16-,17-,18-,19-/m0/s1. The maximum absolute atomic E-state index is 13.0. The highest BCUT2D eigenvalue weighted by atomic mass is 16.4. The summed E-state index contributed by atoms with van der Waals surface area (Å²) >= 11 is 0. The van der Waals surface area contributed by atoms with Crippen LogP contribution in [0.15, 0.2) is 36.4 Å². The van der Waals surface area contributed by atoms with Gasteiger partial charge in [0.2, 0.25) is 5.91 Å². The zero-order chi connectivity index (χ0) is 20.0. The fraction of sp³-hybridized carbons (Fsp3) is 0.409. The number of anilines is 1. The second kappa shape index (κ2) is 6.93. The van der Waals surface area contributed by atoms with Crippen LogP contribution >= 0.6 is 0 Å². The zero-order valence-corrected chi connectivity index (χ0v) is 16.3. The number of benzene rings is 1. The van der Waals surface area contributed by atoms with Crippen LogP contribution in [0.5, 0.6) is 0 Å². The molecule has 2 aliphatic rings. The summed E-state index contributed by atoms with van der Waals surface area (Å²) in [5.74, 6) is -2.30. The number of rotatable bonds is 5. The van der Waals surface area contributed by atoms with Gasteiger partial charge in [0.1, 0.15) is 0 Å². The summed E-state index contributed by atoms with van der Waals surface area (Å²) in [4.78, 5) is 24.7. The van der Waals surface area contributed by atoms with Crippen molar-refractivity contribution in [1.82, 2.24) is 9.78 Å². The molecule has 0 saturated heterocycles. The zero-order valence-electron chi connectivity index (χ0n) is 16.3. The van der Waals surface area contributed by atoms with Gasteiger partial charge in [0, 0.05) is 0 Å². The van der Waals surface area contributed by atoms with E-state index in [2.05, 4.69) is 41.6 Å². The molecule has 2 aliphatic carbocycles. The molecule has 6 heteroatoms. The number of carboxylic acid groups (broad SMARTS) is 1. The van der Waals surface area contributed by atoms with Crippen LogP contribution in [0.1, 0.15) is 28.9 Å². The van der Waals surface area contributed by atoms with Gasteiger partial charge in [-0.25, -0.2) is 0 Å². The van der Waals surface area contributed by atoms with E-state index in [4.69, 9.17) is 0 Å². The average Bonchev–Trinajstić information content (AvgIpc) is 3.33. The first kappa shape index (κ1) is 18.5. The highest BCUT2D eigenvalue weighted by Crippen LogP contribution is 2.48. The van der Waals surface area contributed by atoms with Crippen LogP contribution < -0.4 is 5.32 Å². The molecule has 1 aromatic heterocycles. The van der Waals surface area contributed by atoms with Crippen LogP contribution in [0.2, 0.25) is 0 Å². The van der Waals surface area contributed by atoms with Crippen molar-refractivity contribution in [3.63, 3.8) is 0 Å². The molecular weight excluding hydrogens is 354 g/mol. The Morgan fingerprint density at radius 2 is 1.75 bits per heavy atom. The Morgan fingerprint density at radius 1 is 1.11 bits per heavy atom. The lowest BCUT2D eigenvalue weighted by Crippen LogP contribution is -2.36. The molecule has 1 saturated carbocycles. The van der Waals surface area contributed by atoms with Gasteiger partial charge in [-0.05, 0) is 44.6 Å². The molecule has 0 aliphatic heterocycles. The average molecular weight is 379 g/mol. The summed E-state index contributed by atoms with van der Waals surface area (Å²) in [6.45, 7) is 6.47. The predicted octanol–water partition coefficient (Wildman–Crippen LogP) is 3.32. The lowest BCUT2D eigenvalue weighted by molar-refractivity contribution is -0.146. The van der Waals surface area contributed by atoms with E-state index < -0.39 is 17.8 Å². The molecular formula is C22H25N3O3. The van der Waals surface area contributed by atoms with Crippen molar-refractivity contribution in [2.75, 3.05) is 5.32 Å². The number of aromatic nitrogens is 2. The molecule has 28 heavy (non-hydrogen) atoms. The van der Waals surface area contributed by atoms with Crippen molar-refractivity contribution in [2.24, 2.45) is 23.7 Å². The van der Waals surface area contributed by atoms with Crippen LogP contribution in [-0.4, -0.2) is 26.8 Å². The van der Waals surface area contributed by atoms with Gasteiger partial charge in [-0.15, -0.1) is 0 Å². The van der Waals surface area contributed by atoms with E-state index in [9.17, 15) is 14.7 Å². The largest absolute Gasteiger partial charge is 0.481 e. The number of nitrogens with zero attached hydrogens (tertiary/aromatic N) is 2. The van der Waals surface area contributed by atoms with Gasteiger partial charge in [0.15, 0.2) is 0 Å². The molecule has 4 atom stereocenters. The minimum atomic E-state index is -0.888. The molecule has 146 valence electrons. The number of hydrogen-bond donors (Lipinski definition) is 2. The molecule has 0 spiro atoms. The van der Waals surface area contributed by atoms with Gasteiger partial charge in [-0.2, -0.15) is 5.10 Å². The normalized spacial score (nSPS) is 25.2. The van der Waals surface area contributed by atoms with Gasteiger partial charge in [0.25, 0.3) is 0 Å². The monoisotopic (exact) mass is 379 g/mol. The van der Waals surface area contributed by atoms with Gasteiger partial charge >= 0.3 is 5.97 Å². The molecule has 1 fully saturated rings. The number of aliphatic carboxylic acids is 1. The Hall–Kier alpha value is -2.89. The lowest BCUT2D eigenvalue weighted by atomic mass is 9.82. The van der Waals surface area contributed by atoms with E-state index in [0.717, 1.165) is 23.4 Å². The summed E-state index contributed by atoms with van der Waals surface area (Å²) in [6.07, 6.45) is 4.69. The number of nitrogens with one attached hydrogen (secondary N) is 1. The number of carboxylic acids is 1. The highest BCUT2D eigenvalue weighted by molar-refractivity contribution is 5.97. The fourth-order valence-corrected chi connectivity index (χ4v) is 4.62. The molecule has 1 amide bonds. The van der Waals surface area contributed by atoms with E-state index in [-0.39, 0.29) is 17.7 Å². The van der Waals surface area contributed by atoms with Crippen molar-refractivity contribution in [3.8, 4) is 0 Å². The van der Waals surface area contributed by atoms with Crippen molar-refractivity contribution < 1.29 is 14.7 Å². The highest BCUT2D eigenvalue weighted by Gasteiger charge is 2.51. The third-order valence-electron chi connectivity index (χ3n) is 6.13. The molecule has 1 aromatic carbocycles. The van der Waals surface area contributed by atoms with Crippen molar-refractivity contribution in [3.05, 3.63) is 58.9 Å². The lowest BCUT2D eigenvalue weighted by Gasteiger charge is -2.23. The van der Waals surface area contributed by atoms with E-state index in [1.807, 2.05) is 30.7 Å². The number of carbonyl (C=O) groups is 2. The molecule has 4 rings (SSSR count). The quantitative estimate of drug-likeness (QED) is 0.781. The van der Waals surface area contributed by atoms with Crippen molar-refractivity contribution in [2.45, 2.75) is 33.7 Å². The van der Waals surface area contributed by atoms with Crippen LogP contribution in [0, 0.1) is 44.4 Å². The van der Waals surface area contributed by atoms with Crippen molar-refractivity contribution >= 4 is 17.6 Å². The van der Waals surface area contributed by atoms with Crippen molar-refractivity contribution in [1.29, 1.82) is 0 Å². The van der Waals surface area contributed by atoms with Gasteiger partial charge in [-0.1, -0.05) is 42.0 Å². The Bertz CT molecular complexity index is 958. The van der Waals surface area contributed by atoms with Crippen LogP contribution in [-0.2, 0) is 16.1 Å². The van der Waals surface area contributed by atoms with E-state index in [0.29, 0.717) is 12.2 Å². The second-order valence-corrected chi connectivity index (χ2v) is 8.02. The Labute approximate surface area is 164 Å². The van der Waals surface area contributed by atoms with Crippen LogP contribution in [0.4, 0.5) is 5.69 Å². The topological polar surface area (TPSA) is 84.2 Å². The SMILES string of the molecule is Cc1ccc(Cn2nc(C)c(NC(=O)[C@@H]3[C@@H](C(=O)O)[C@H]4C=C[C@H]3C4)c2C)cc1. The van der Waals surface area contributed by atoms with Gasteiger partial charge in [-0.3, -0.25) is 14.3 Å².